The van der Waals surface area contributed by atoms with Crippen LogP contribution < -0.4 is 0 Å². The maximum absolute atomic E-state index is 11.0. The van der Waals surface area contributed by atoms with Gasteiger partial charge in [0.25, 0.3) is 0 Å². The van der Waals surface area contributed by atoms with E-state index < -0.39 is 5.97 Å². The zero-order valence-corrected chi connectivity index (χ0v) is 10.2. The van der Waals surface area contributed by atoms with Crippen molar-refractivity contribution in [1.29, 1.82) is 0 Å². The summed E-state index contributed by atoms with van der Waals surface area (Å²) < 4.78 is 10.8. The van der Waals surface area contributed by atoms with E-state index in [2.05, 4.69) is 4.98 Å². The van der Waals surface area contributed by atoms with Crippen molar-refractivity contribution in [3.05, 3.63) is 29.6 Å². The average molecular weight is 251 g/mol. The summed E-state index contributed by atoms with van der Waals surface area (Å²) in [6.45, 7) is 2.47. The van der Waals surface area contributed by atoms with Crippen molar-refractivity contribution in [2.24, 2.45) is 5.92 Å². The molecule has 0 bridgehead atoms. The van der Waals surface area contributed by atoms with Crippen molar-refractivity contribution in [2.45, 2.75) is 19.4 Å². The van der Waals surface area contributed by atoms with Gasteiger partial charge in [0.05, 0.1) is 24.5 Å². The zero-order valence-electron chi connectivity index (χ0n) is 10.2. The van der Waals surface area contributed by atoms with Crippen molar-refractivity contribution in [2.75, 3.05) is 19.8 Å². The molecule has 1 N–H and O–H groups in total. The van der Waals surface area contributed by atoms with Gasteiger partial charge in [-0.05, 0) is 30.9 Å². The van der Waals surface area contributed by atoms with Gasteiger partial charge >= 0.3 is 5.97 Å². The number of ether oxygens (including phenoxy) is 2. The van der Waals surface area contributed by atoms with E-state index >= 15 is 0 Å². The highest BCUT2D eigenvalue weighted by Crippen LogP contribution is 2.16. The second kappa shape index (κ2) is 6.47. The summed E-state index contributed by atoms with van der Waals surface area (Å²) in [5, 5.41) is 9.00. The smallest absolute Gasteiger partial charge is 0.337 e. The SMILES string of the molecule is O=C(O)c1cccnc1COCC1CCOCC1. The Bertz CT molecular complexity index is 402. The molecule has 0 aliphatic carbocycles. The lowest BCUT2D eigenvalue weighted by Gasteiger charge is -2.21. The van der Waals surface area contributed by atoms with Crippen LogP contribution in [0.3, 0.4) is 0 Å². The second-order valence-corrected chi connectivity index (χ2v) is 4.37. The van der Waals surface area contributed by atoms with Gasteiger partial charge in [-0.1, -0.05) is 0 Å². The number of carbonyl (C=O) groups is 1. The third kappa shape index (κ3) is 3.51. The molecule has 1 saturated heterocycles. The fourth-order valence-electron chi connectivity index (χ4n) is 1.98. The van der Waals surface area contributed by atoms with Gasteiger partial charge in [0.2, 0.25) is 0 Å². The number of pyridine rings is 1. The predicted octanol–water partition coefficient (Wildman–Crippen LogP) is 1.72. The zero-order chi connectivity index (χ0) is 12.8. The number of aromatic nitrogens is 1. The number of nitrogens with zero attached hydrogens (tertiary/aromatic N) is 1. The van der Waals surface area contributed by atoms with Gasteiger partial charge in [-0.3, -0.25) is 4.98 Å². The van der Waals surface area contributed by atoms with Crippen LogP contribution in [0.5, 0.6) is 0 Å². The Hall–Kier alpha value is -1.46. The molecule has 1 aliphatic rings. The van der Waals surface area contributed by atoms with Gasteiger partial charge in [0, 0.05) is 19.4 Å². The van der Waals surface area contributed by atoms with Gasteiger partial charge in [-0.15, -0.1) is 0 Å². The molecule has 0 atom stereocenters. The molecule has 98 valence electrons. The number of hydrogen-bond donors (Lipinski definition) is 1. The summed E-state index contributed by atoms with van der Waals surface area (Å²) in [6, 6.07) is 3.16. The number of hydrogen-bond acceptors (Lipinski definition) is 4. The first-order valence-corrected chi connectivity index (χ1v) is 6.10. The molecule has 1 aromatic heterocycles. The predicted molar refractivity (Wildman–Crippen MR) is 64.4 cm³/mol. The lowest BCUT2D eigenvalue weighted by Crippen LogP contribution is -2.20. The summed E-state index contributed by atoms with van der Waals surface area (Å²) >= 11 is 0. The maximum atomic E-state index is 11.0. The lowest BCUT2D eigenvalue weighted by atomic mass is 10.0. The molecule has 1 aromatic rings. The third-order valence-corrected chi connectivity index (χ3v) is 3.05. The van der Waals surface area contributed by atoms with Crippen molar-refractivity contribution < 1.29 is 19.4 Å². The summed E-state index contributed by atoms with van der Waals surface area (Å²) in [7, 11) is 0. The number of carboxylic acids is 1. The number of aromatic carboxylic acids is 1. The molecule has 0 spiro atoms. The first-order valence-electron chi connectivity index (χ1n) is 6.10. The molecule has 18 heavy (non-hydrogen) atoms. The van der Waals surface area contributed by atoms with Gasteiger partial charge < -0.3 is 14.6 Å². The minimum atomic E-state index is -0.965. The molecule has 1 fully saturated rings. The lowest BCUT2D eigenvalue weighted by molar-refractivity contribution is 0.0147. The van der Waals surface area contributed by atoms with Crippen LogP contribution in [-0.2, 0) is 16.1 Å². The van der Waals surface area contributed by atoms with Gasteiger partial charge in [-0.25, -0.2) is 4.79 Å². The van der Waals surface area contributed by atoms with E-state index in [1.165, 1.54) is 0 Å². The Kier molecular flexibility index (Phi) is 4.66. The molecule has 5 nitrogen and oxygen atoms in total. The molecule has 0 saturated carbocycles. The van der Waals surface area contributed by atoms with Crippen LogP contribution in [0.15, 0.2) is 18.3 Å². The first kappa shape index (κ1) is 13.0. The van der Waals surface area contributed by atoms with E-state index in [1.54, 1.807) is 18.3 Å². The van der Waals surface area contributed by atoms with Crippen molar-refractivity contribution >= 4 is 5.97 Å². The number of carboxylic acid groups (broad SMARTS) is 1. The van der Waals surface area contributed by atoms with Crippen LogP contribution in [-0.4, -0.2) is 35.9 Å². The maximum Gasteiger partial charge on any atom is 0.337 e. The molecule has 0 radical (unpaired) electrons. The van der Waals surface area contributed by atoms with Gasteiger partial charge in [0.15, 0.2) is 0 Å². The van der Waals surface area contributed by atoms with Crippen molar-refractivity contribution in [1.82, 2.24) is 4.98 Å². The number of rotatable bonds is 5. The van der Waals surface area contributed by atoms with Gasteiger partial charge in [-0.2, -0.15) is 0 Å². The molecule has 2 heterocycles. The Morgan fingerprint density at radius 2 is 2.28 bits per heavy atom. The Balaban J connectivity index is 1.84. The molecule has 2 rings (SSSR count). The fraction of sp³-hybridized carbons (Fsp3) is 0.538. The normalized spacial score (nSPS) is 16.7. The molecule has 0 aromatic carbocycles. The van der Waals surface area contributed by atoms with E-state index in [9.17, 15) is 4.79 Å². The summed E-state index contributed by atoms with van der Waals surface area (Å²) in [4.78, 5) is 15.0. The molecule has 1 aliphatic heterocycles. The third-order valence-electron chi connectivity index (χ3n) is 3.05. The first-order chi connectivity index (χ1) is 8.77. The fourth-order valence-corrected chi connectivity index (χ4v) is 1.98. The highest BCUT2D eigenvalue weighted by molar-refractivity contribution is 5.88. The molecular formula is C13H17NO4. The van der Waals surface area contributed by atoms with Crippen LogP contribution in [0.25, 0.3) is 0 Å². The van der Waals surface area contributed by atoms with E-state index in [-0.39, 0.29) is 12.2 Å². The minimum absolute atomic E-state index is 0.212. The molecule has 5 heteroatoms. The molecular weight excluding hydrogens is 234 g/mol. The largest absolute Gasteiger partial charge is 0.478 e. The monoisotopic (exact) mass is 251 g/mol. The Morgan fingerprint density at radius 1 is 1.50 bits per heavy atom. The standard InChI is InChI=1S/C13H17NO4/c15-13(16)11-2-1-5-14-12(11)9-18-8-10-3-6-17-7-4-10/h1-2,5,10H,3-4,6-9H2,(H,15,16). The summed E-state index contributed by atoms with van der Waals surface area (Å²) in [5.41, 5.74) is 0.696. The van der Waals surface area contributed by atoms with Crippen LogP contribution in [0.1, 0.15) is 28.9 Å². The van der Waals surface area contributed by atoms with E-state index in [1.807, 2.05) is 0 Å². The highest BCUT2D eigenvalue weighted by Gasteiger charge is 2.15. The topological polar surface area (TPSA) is 68.7 Å². The van der Waals surface area contributed by atoms with Crippen LogP contribution in [0.4, 0.5) is 0 Å². The molecule has 0 amide bonds. The Morgan fingerprint density at radius 3 is 3.00 bits per heavy atom. The average Bonchev–Trinajstić information content (AvgIpc) is 2.40. The van der Waals surface area contributed by atoms with E-state index in [4.69, 9.17) is 14.6 Å². The van der Waals surface area contributed by atoms with Crippen LogP contribution in [0.2, 0.25) is 0 Å². The minimum Gasteiger partial charge on any atom is -0.478 e. The Labute approximate surface area is 106 Å². The van der Waals surface area contributed by atoms with Crippen LogP contribution in [0, 0.1) is 5.92 Å². The summed E-state index contributed by atoms with van der Waals surface area (Å²) in [6.07, 6.45) is 3.60. The quantitative estimate of drug-likeness (QED) is 0.863. The van der Waals surface area contributed by atoms with Gasteiger partial charge in [0.1, 0.15) is 0 Å². The van der Waals surface area contributed by atoms with Crippen LogP contribution >= 0.6 is 0 Å². The van der Waals surface area contributed by atoms with Crippen molar-refractivity contribution in [3.63, 3.8) is 0 Å². The second-order valence-electron chi connectivity index (χ2n) is 4.37. The highest BCUT2D eigenvalue weighted by atomic mass is 16.5. The summed E-state index contributed by atoms with van der Waals surface area (Å²) in [5.74, 6) is -0.455. The van der Waals surface area contributed by atoms with E-state index in [0.29, 0.717) is 18.2 Å². The van der Waals surface area contributed by atoms with Crippen molar-refractivity contribution in [3.8, 4) is 0 Å². The van der Waals surface area contributed by atoms with E-state index in [0.717, 1.165) is 26.1 Å². The molecule has 0 unspecified atom stereocenters.